The van der Waals surface area contributed by atoms with E-state index in [1.807, 2.05) is 0 Å². The summed E-state index contributed by atoms with van der Waals surface area (Å²) in [5.41, 5.74) is 25.1. The highest BCUT2D eigenvalue weighted by molar-refractivity contribution is 6.94. The molecule has 3 nitrogen and oxygen atoms in total. The molecule has 352 valence electrons. The van der Waals surface area contributed by atoms with Crippen LogP contribution in [-0.4, -0.2) is 6.85 Å². The molecule has 5 aliphatic rings. The Labute approximate surface area is 417 Å². The number of para-hydroxylation sites is 1. The fraction of sp³-hybridized carbons (Fsp3) is 0.364. The number of benzene rings is 7. The van der Waals surface area contributed by atoms with Gasteiger partial charge >= 0.3 is 6.85 Å². The zero-order valence-corrected chi connectivity index (χ0v) is 43.7. The second-order valence-electron chi connectivity index (χ2n) is 26.1. The van der Waals surface area contributed by atoms with Crippen molar-refractivity contribution in [3.8, 4) is 22.3 Å². The number of furan rings is 1. The maximum absolute atomic E-state index is 6.85. The number of hydrogen-bond donors (Lipinski definition) is 0. The second kappa shape index (κ2) is 14.3. The van der Waals surface area contributed by atoms with Crippen molar-refractivity contribution >= 4 is 68.1 Å². The van der Waals surface area contributed by atoms with Crippen LogP contribution in [0.15, 0.2) is 132 Å². The quantitative estimate of drug-likeness (QED) is 0.165. The summed E-state index contributed by atoms with van der Waals surface area (Å²) in [7, 11) is 0. The zero-order valence-electron chi connectivity index (χ0n) is 43.7. The molecular formula is C66H69BN2O. The summed E-state index contributed by atoms with van der Waals surface area (Å²) in [6, 6.07) is 50.0. The van der Waals surface area contributed by atoms with Crippen LogP contribution in [0.3, 0.4) is 0 Å². The van der Waals surface area contributed by atoms with E-state index >= 15 is 0 Å². The van der Waals surface area contributed by atoms with E-state index in [-0.39, 0.29) is 39.3 Å². The lowest BCUT2D eigenvalue weighted by Gasteiger charge is -2.49. The number of hydrogen-bond acceptors (Lipinski definition) is 3. The van der Waals surface area contributed by atoms with Gasteiger partial charge in [-0.1, -0.05) is 150 Å². The minimum atomic E-state index is -0.135. The Kier molecular flexibility index (Phi) is 9.01. The first-order chi connectivity index (χ1) is 33.2. The van der Waals surface area contributed by atoms with E-state index in [0.717, 1.165) is 35.8 Å². The highest BCUT2D eigenvalue weighted by Gasteiger charge is 2.50. The topological polar surface area (TPSA) is 19.6 Å². The molecule has 8 aromatic rings. The normalized spacial score (nSPS) is 20.3. The molecule has 0 radical (unpaired) electrons. The van der Waals surface area contributed by atoms with Gasteiger partial charge in [-0.3, -0.25) is 0 Å². The molecule has 0 unspecified atom stereocenters. The molecule has 0 saturated carbocycles. The third kappa shape index (κ3) is 6.19. The van der Waals surface area contributed by atoms with Crippen LogP contribution in [0.2, 0.25) is 0 Å². The minimum absolute atomic E-state index is 0.0132. The lowest BCUT2D eigenvalue weighted by atomic mass is 9.42. The molecule has 0 atom stereocenters. The molecule has 70 heavy (non-hydrogen) atoms. The van der Waals surface area contributed by atoms with Crippen molar-refractivity contribution in [1.82, 2.24) is 0 Å². The van der Waals surface area contributed by atoms with Gasteiger partial charge in [0.25, 0.3) is 0 Å². The molecule has 3 aliphatic carbocycles. The van der Waals surface area contributed by atoms with Gasteiger partial charge < -0.3 is 14.1 Å². The van der Waals surface area contributed by atoms with Crippen molar-refractivity contribution in [1.29, 1.82) is 0 Å². The van der Waals surface area contributed by atoms with Crippen LogP contribution >= 0.6 is 0 Å². The van der Waals surface area contributed by atoms with E-state index in [1.165, 1.54) is 120 Å². The van der Waals surface area contributed by atoms with Gasteiger partial charge in [-0.25, -0.2) is 0 Å². The SMILES string of the molecule is CC1(C)CCC(C)(C)c2cc(N3B4c5cc6c(cc5N(c5ccc7c(c5)C(C)(C)CCC7(C)C)c5cc(-c7ccccc7)cc(c54)-c4ccc5oc7ccccc7c5c43)C(C)(C)CCC6(C)C)ccc21. The lowest BCUT2D eigenvalue weighted by Crippen LogP contribution is -2.62. The Hall–Kier alpha value is -6.00. The van der Waals surface area contributed by atoms with Gasteiger partial charge in [0, 0.05) is 39.4 Å². The molecule has 4 heteroatoms. The van der Waals surface area contributed by atoms with Gasteiger partial charge in [0.2, 0.25) is 0 Å². The molecule has 7 aromatic carbocycles. The van der Waals surface area contributed by atoms with Crippen LogP contribution in [0.25, 0.3) is 44.2 Å². The molecule has 13 rings (SSSR count). The molecule has 0 N–H and O–H groups in total. The summed E-state index contributed by atoms with van der Waals surface area (Å²) in [5.74, 6) is 0. The average Bonchev–Trinajstić information content (AvgIpc) is 3.72. The lowest BCUT2D eigenvalue weighted by molar-refractivity contribution is 0.332. The van der Waals surface area contributed by atoms with E-state index in [4.69, 9.17) is 4.42 Å². The Bertz CT molecular complexity index is 3530. The number of fused-ring (bicyclic) bond motifs is 11. The highest BCUT2D eigenvalue weighted by atomic mass is 16.3. The summed E-state index contributed by atoms with van der Waals surface area (Å²) in [4.78, 5) is 5.49. The number of rotatable bonds is 3. The van der Waals surface area contributed by atoms with E-state index in [0.29, 0.717) is 0 Å². The monoisotopic (exact) mass is 917 g/mol. The van der Waals surface area contributed by atoms with Crippen molar-refractivity contribution in [3.05, 3.63) is 161 Å². The van der Waals surface area contributed by atoms with Crippen molar-refractivity contribution in [3.63, 3.8) is 0 Å². The molecule has 0 bridgehead atoms. The molecule has 2 aliphatic heterocycles. The van der Waals surface area contributed by atoms with Crippen LogP contribution in [0.1, 0.15) is 155 Å². The Morgan fingerprint density at radius 2 is 0.943 bits per heavy atom. The van der Waals surface area contributed by atoms with Crippen LogP contribution in [0, 0.1) is 0 Å². The van der Waals surface area contributed by atoms with Crippen molar-refractivity contribution in [2.75, 3.05) is 9.71 Å². The van der Waals surface area contributed by atoms with E-state index in [2.05, 4.69) is 220 Å². The predicted octanol–water partition coefficient (Wildman–Crippen LogP) is 17.0. The first-order valence-electron chi connectivity index (χ1n) is 26.4. The second-order valence-corrected chi connectivity index (χ2v) is 26.1. The zero-order chi connectivity index (χ0) is 48.7. The van der Waals surface area contributed by atoms with E-state index < -0.39 is 0 Å². The summed E-state index contributed by atoms with van der Waals surface area (Å²) < 4.78 is 6.85. The number of anilines is 5. The summed E-state index contributed by atoms with van der Waals surface area (Å²) in [6.07, 6.45) is 7.01. The Balaban J connectivity index is 1.21. The predicted molar refractivity (Wildman–Crippen MR) is 299 cm³/mol. The summed E-state index contributed by atoms with van der Waals surface area (Å²) in [6.45, 7) is 29.5. The molecular weight excluding hydrogens is 848 g/mol. The van der Waals surface area contributed by atoms with Crippen molar-refractivity contribution < 1.29 is 4.42 Å². The van der Waals surface area contributed by atoms with Crippen molar-refractivity contribution in [2.45, 2.75) is 154 Å². The van der Waals surface area contributed by atoms with Crippen LogP contribution in [0.5, 0.6) is 0 Å². The third-order valence-electron chi connectivity index (χ3n) is 18.8. The number of nitrogens with zero attached hydrogens (tertiary/aromatic N) is 2. The maximum Gasteiger partial charge on any atom is 0.333 e. The minimum Gasteiger partial charge on any atom is -0.456 e. The van der Waals surface area contributed by atoms with E-state index in [9.17, 15) is 0 Å². The van der Waals surface area contributed by atoms with Gasteiger partial charge in [-0.2, -0.15) is 0 Å². The fourth-order valence-corrected chi connectivity index (χ4v) is 14.1. The summed E-state index contributed by atoms with van der Waals surface area (Å²) >= 11 is 0. The molecule has 1 aromatic heterocycles. The van der Waals surface area contributed by atoms with Crippen LogP contribution < -0.4 is 20.6 Å². The van der Waals surface area contributed by atoms with Gasteiger partial charge in [0.05, 0.1) is 5.39 Å². The summed E-state index contributed by atoms with van der Waals surface area (Å²) in [5, 5.41) is 2.35. The molecule has 3 heterocycles. The first kappa shape index (κ1) is 44.0. The molecule has 0 spiro atoms. The Morgan fingerprint density at radius 3 is 1.57 bits per heavy atom. The van der Waals surface area contributed by atoms with Crippen LogP contribution in [-0.2, 0) is 32.5 Å². The van der Waals surface area contributed by atoms with Crippen LogP contribution in [0.4, 0.5) is 28.4 Å². The maximum atomic E-state index is 6.85. The van der Waals surface area contributed by atoms with Gasteiger partial charge in [0.15, 0.2) is 0 Å². The van der Waals surface area contributed by atoms with Gasteiger partial charge in [-0.05, 0) is 193 Å². The fourth-order valence-electron chi connectivity index (χ4n) is 14.1. The largest absolute Gasteiger partial charge is 0.456 e. The van der Waals surface area contributed by atoms with E-state index in [1.54, 1.807) is 0 Å². The van der Waals surface area contributed by atoms with Gasteiger partial charge in [0.1, 0.15) is 11.2 Å². The first-order valence-corrected chi connectivity index (χ1v) is 26.4. The Morgan fingerprint density at radius 1 is 0.414 bits per heavy atom. The standard InChI is InChI=1S/C66H69BN2O/c1-61(2)28-30-63(5,6)49-36-42(22-25-47(49)61)68-54-39-52-51(65(9,10)32-33-66(52,11)12)38-53(54)67-59-46(34-41(35-55(59)68)40-18-14-13-15-19-40)44-24-27-57-58(45-20-16-17-21-56(45)70-57)60(44)69(67)43-23-26-48-50(37-43)64(7,8)31-29-62(48,3)4/h13-27,34-39H,28-33H2,1-12H3. The highest BCUT2D eigenvalue weighted by Crippen LogP contribution is 2.56. The van der Waals surface area contributed by atoms with Crippen molar-refractivity contribution in [2.24, 2.45) is 0 Å². The molecule has 0 saturated heterocycles. The van der Waals surface area contributed by atoms with Gasteiger partial charge in [-0.15, -0.1) is 0 Å². The molecule has 0 fully saturated rings. The smallest absolute Gasteiger partial charge is 0.333 e. The molecule has 0 amide bonds. The third-order valence-corrected chi connectivity index (χ3v) is 18.8. The average molecular weight is 917 g/mol.